The van der Waals surface area contributed by atoms with Crippen molar-refractivity contribution >= 4 is 0 Å². The maximum absolute atomic E-state index is 14.0. The molecule has 112 valence electrons. The van der Waals surface area contributed by atoms with Crippen LogP contribution in [0.25, 0.3) is 0 Å². The second-order valence-electron chi connectivity index (χ2n) is 5.27. The molecule has 0 unspecified atom stereocenters. The first-order valence-electron chi connectivity index (χ1n) is 6.61. The van der Waals surface area contributed by atoms with Gasteiger partial charge in [-0.25, -0.2) is 4.39 Å². The van der Waals surface area contributed by atoms with Crippen LogP contribution in [0.2, 0.25) is 0 Å². The molecule has 0 bridgehead atoms. The smallest absolute Gasteiger partial charge is 0.391 e. The molecule has 2 rings (SSSR count). The Kier molecular flexibility index (Phi) is 4.34. The number of nitrogens with two attached hydrogens (primary N) is 1. The highest BCUT2D eigenvalue weighted by Crippen LogP contribution is 2.36. The zero-order valence-corrected chi connectivity index (χ0v) is 10.8. The number of benzene rings is 1. The second kappa shape index (κ2) is 5.69. The fraction of sp³-hybridized carbons (Fsp3) is 0.571. The number of hydrogen-bond acceptors (Lipinski definition) is 2. The van der Waals surface area contributed by atoms with Crippen LogP contribution in [0.5, 0.6) is 0 Å². The molecule has 1 aromatic rings. The lowest BCUT2D eigenvalue weighted by Gasteiger charge is -2.25. The summed E-state index contributed by atoms with van der Waals surface area (Å²) in [6, 6.07) is 1.85. The van der Waals surface area contributed by atoms with E-state index in [1.807, 2.05) is 0 Å². The van der Waals surface area contributed by atoms with Gasteiger partial charge in [0.1, 0.15) is 5.82 Å². The van der Waals surface area contributed by atoms with Crippen molar-refractivity contribution in [2.24, 2.45) is 11.7 Å². The molecule has 1 fully saturated rings. The van der Waals surface area contributed by atoms with E-state index in [9.17, 15) is 22.7 Å². The molecule has 0 heterocycles. The normalized spacial score (nSPS) is 20.1. The van der Waals surface area contributed by atoms with E-state index in [4.69, 9.17) is 5.73 Å². The summed E-state index contributed by atoms with van der Waals surface area (Å²) in [5.74, 6) is -1.46. The molecule has 1 aliphatic carbocycles. The van der Waals surface area contributed by atoms with Crippen LogP contribution in [0.4, 0.5) is 17.6 Å². The van der Waals surface area contributed by atoms with Gasteiger partial charge in [-0.05, 0) is 24.8 Å². The third kappa shape index (κ3) is 2.96. The van der Waals surface area contributed by atoms with Gasteiger partial charge in [0.05, 0.1) is 17.7 Å². The Morgan fingerprint density at radius 1 is 1.20 bits per heavy atom. The zero-order chi connectivity index (χ0) is 14.9. The minimum absolute atomic E-state index is 0.0704. The molecule has 1 aromatic carbocycles. The van der Waals surface area contributed by atoms with Crippen molar-refractivity contribution < 1.29 is 22.7 Å². The van der Waals surface area contributed by atoms with Gasteiger partial charge in [0.25, 0.3) is 0 Å². The van der Waals surface area contributed by atoms with Crippen LogP contribution in [0.3, 0.4) is 0 Å². The van der Waals surface area contributed by atoms with Gasteiger partial charge in [0.2, 0.25) is 0 Å². The van der Waals surface area contributed by atoms with Gasteiger partial charge in [-0.15, -0.1) is 0 Å². The topological polar surface area (TPSA) is 46.2 Å². The van der Waals surface area contributed by atoms with Crippen LogP contribution in [0.15, 0.2) is 18.2 Å². The van der Waals surface area contributed by atoms with Gasteiger partial charge < -0.3 is 10.8 Å². The Hall–Kier alpha value is -1.14. The molecular formula is C14H17F4NO. The average molecular weight is 291 g/mol. The van der Waals surface area contributed by atoms with Crippen molar-refractivity contribution in [1.29, 1.82) is 0 Å². The molecule has 0 radical (unpaired) electrons. The molecule has 0 aliphatic heterocycles. The summed E-state index contributed by atoms with van der Waals surface area (Å²) in [6.07, 6.45) is -2.32. The minimum atomic E-state index is -4.77. The van der Waals surface area contributed by atoms with Gasteiger partial charge >= 0.3 is 6.18 Å². The maximum Gasteiger partial charge on any atom is 0.419 e. The van der Waals surface area contributed by atoms with Crippen LogP contribution in [0, 0.1) is 11.7 Å². The van der Waals surface area contributed by atoms with Crippen LogP contribution in [-0.4, -0.2) is 11.2 Å². The number of hydrogen-bond donors (Lipinski definition) is 2. The Morgan fingerprint density at radius 3 is 2.35 bits per heavy atom. The van der Waals surface area contributed by atoms with Gasteiger partial charge in [-0.3, -0.25) is 0 Å². The van der Waals surface area contributed by atoms with E-state index in [1.54, 1.807) is 0 Å². The highest BCUT2D eigenvalue weighted by molar-refractivity contribution is 5.31. The molecule has 0 aromatic heterocycles. The summed E-state index contributed by atoms with van der Waals surface area (Å²) in [7, 11) is 0. The number of rotatable bonds is 3. The average Bonchev–Trinajstić information content (AvgIpc) is 2.89. The summed E-state index contributed by atoms with van der Waals surface area (Å²) in [5.41, 5.74) is 4.15. The number of alkyl halides is 3. The van der Waals surface area contributed by atoms with Crippen molar-refractivity contribution in [3.05, 3.63) is 35.1 Å². The summed E-state index contributed by atoms with van der Waals surface area (Å²) in [6.45, 7) is 0. The highest BCUT2D eigenvalue weighted by atomic mass is 19.4. The molecule has 0 spiro atoms. The first-order chi connectivity index (χ1) is 9.32. The van der Waals surface area contributed by atoms with Crippen molar-refractivity contribution in [3.8, 4) is 0 Å². The fourth-order valence-corrected chi connectivity index (χ4v) is 2.80. The fourth-order valence-electron chi connectivity index (χ4n) is 2.80. The quantitative estimate of drug-likeness (QED) is 0.838. The highest BCUT2D eigenvalue weighted by Gasteiger charge is 2.37. The van der Waals surface area contributed by atoms with Gasteiger partial charge in [-0.2, -0.15) is 13.2 Å². The Bertz CT molecular complexity index is 469. The first kappa shape index (κ1) is 15.3. The van der Waals surface area contributed by atoms with Crippen LogP contribution in [0.1, 0.15) is 42.9 Å². The lowest BCUT2D eigenvalue weighted by Crippen LogP contribution is -2.33. The van der Waals surface area contributed by atoms with Crippen molar-refractivity contribution in [1.82, 2.24) is 0 Å². The molecule has 1 aliphatic rings. The molecule has 1 saturated carbocycles. The monoisotopic (exact) mass is 291 g/mol. The predicted molar refractivity (Wildman–Crippen MR) is 66.3 cm³/mol. The Labute approximate surface area is 114 Å². The maximum atomic E-state index is 14.0. The summed E-state index contributed by atoms with van der Waals surface area (Å²) in [5, 5.41) is 10.1. The standard InChI is InChI=1S/C14H17F4NO/c15-11-9(6-3-7-10(11)14(16,17)18)12(19)13(20)8-4-1-2-5-8/h3,6-8,12-13,20H,1-2,4-5,19H2/t12-,13+/m1/s1. The van der Waals surface area contributed by atoms with E-state index in [-0.39, 0.29) is 11.5 Å². The SMILES string of the molecule is N[C@H](c1cccc(C(F)(F)F)c1F)[C@@H](O)C1CCCC1. The molecule has 0 amide bonds. The van der Waals surface area contributed by atoms with Gasteiger partial charge in [0.15, 0.2) is 0 Å². The van der Waals surface area contributed by atoms with Crippen molar-refractivity contribution in [3.63, 3.8) is 0 Å². The zero-order valence-electron chi connectivity index (χ0n) is 10.8. The molecule has 20 heavy (non-hydrogen) atoms. The molecule has 6 heteroatoms. The van der Waals surface area contributed by atoms with Gasteiger partial charge in [-0.1, -0.05) is 25.0 Å². The molecule has 2 nitrogen and oxygen atoms in total. The van der Waals surface area contributed by atoms with Crippen molar-refractivity contribution in [2.45, 2.75) is 44.0 Å². The van der Waals surface area contributed by atoms with Crippen LogP contribution < -0.4 is 5.73 Å². The minimum Gasteiger partial charge on any atom is -0.391 e. The largest absolute Gasteiger partial charge is 0.419 e. The van der Waals surface area contributed by atoms with Crippen LogP contribution in [-0.2, 0) is 6.18 Å². The van der Waals surface area contributed by atoms with E-state index < -0.39 is 29.7 Å². The predicted octanol–water partition coefficient (Wildman–Crippen LogP) is 3.40. The summed E-state index contributed by atoms with van der Waals surface area (Å²) in [4.78, 5) is 0. The third-order valence-corrected chi connectivity index (χ3v) is 3.94. The van der Waals surface area contributed by atoms with E-state index >= 15 is 0 Å². The lowest BCUT2D eigenvalue weighted by molar-refractivity contribution is -0.140. The third-order valence-electron chi connectivity index (χ3n) is 3.94. The second-order valence-corrected chi connectivity index (χ2v) is 5.27. The van der Waals surface area contributed by atoms with E-state index in [0.717, 1.165) is 31.7 Å². The molecular weight excluding hydrogens is 274 g/mol. The lowest BCUT2D eigenvalue weighted by atomic mass is 9.90. The Balaban J connectivity index is 2.28. The number of aliphatic hydroxyl groups is 1. The molecule has 3 N–H and O–H groups in total. The van der Waals surface area contributed by atoms with Crippen LogP contribution >= 0.6 is 0 Å². The van der Waals surface area contributed by atoms with E-state index in [1.165, 1.54) is 6.07 Å². The summed E-state index contributed by atoms with van der Waals surface area (Å²) >= 11 is 0. The van der Waals surface area contributed by atoms with Crippen molar-refractivity contribution in [2.75, 3.05) is 0 Å². The first-order valence-corrected chi connectivity index (χ1v) is 6.61. The number of halogens is 4. The number of aliphatic hydroxyl groups excluding tert-OH is 1. The van der Waals surface area contributed by atoms with Gasteiger partial charge in [0, 0.05) is 5.56 Å². The molecule has 2 atom stereocenters. The van der Waals surface area contributed by atoms with E-state index in [0.29, 0.717) is 6.07 Å². The summed E-state index contributed by atoms with van der Waals surface area (Å²) < 4.78 is 51.9. The Morgan fingerprint density at radius 2 is 1.80 bits per heavy atom. The van der Waals surface area contributed by atoms with E-state index in [2.05, 4.69) is 0 Å². The molecule has 0 saturated heterocycles.